The lowest BCUT2D eigenvalue weighted by Crippen LogP contribution is -2.62. The van der Waals surface area contributed by atoms with Crippen molar-refractivity contribution in [2.75, 3.05) is 13.1 Å². The number of benzene rings is 3. The third kappa shape index (κ3) is 14.9. The smallest absolute Gasteiger partial charge is 0.305 e. The van der Waals surface area contributed by atoms with Crippen molar-refractivity contribution >= 4 is 64.1 Å². The number of fused-ring (bicyclic) bond motifs is 2. The molecule has 8 amide bonds. The lowest BCUT2D eigenvalue weighted by Gasteiger charge is -2.32. The Bertz CT molecular complexity index is 2620. The molecule has 8 atom stereocenters. The summed E-state index contributed by atoms with van der Waals surface area (Å²) in [4.78, 5) is 132. The maximum absolute atomic E-state index is 14.7. The molecule has 21 nitrogen and oxygen atoms in total. The van der Waals surface area contributed by atoms with E-state index in [0.29, 0.717) is 36.0 Å². The lowest BCUT2D eigenvalue weighted by molar-refractivity contribution is -0.143. The summed E-state index contributed by atoms with van der Waals surface area (Å²) in [6, 6.07) is 10.7. The fourth-order valence-electron chi connectivity index (χ4n) is 9.02. The Morgan fingerprint density at radius 2 is 1.19 bits per heavy atom. The van der Waals surface area contributed by atoms with Gasteiger partial charge in [0.1, 0.15) is 54.1 Å². The normalized spacial score (nSPS) is 24.3. The zero-order chi connectivity index (χ0) is 52.8. The van der Waals surface area contributed by atoms with E-state index in [0.717, 1.165) is 10.9 Å². The molecule has 2 fully saturated rings. The van der Waals surface area contributed by atoms with Crippen LogP contribution >= 0.6 is 0 Å². The number of aromatic amines is 1. The number of para-hydroxylation sites is 1. The topological polar surface area (TPSA) is 323 Å². The van der Waals surface area contributed by atoms with E-state index in [2.05, 4.69) is 42.2 Å². The number of phenols is 1. The second-order valence-electron chi connectivity index (χ2n) is 19.0. The number of rotatable bonds is 13. The van der Waals surface area contributed by atoms with Crippen LogP contribution in [-0.2, 0) is 62.4 Å². The molecule has 390 valence electrons. The van der Waals surface area contributed by atoms with Crippen molar-refractivity contribution in [3.8, 4) is 5.75 Å². The average molecular weight is 1010 g/mol. The van der Waals surface area contributed by atoms with Crippen molar-refractivity contribution in [3.63, 3.8) is 0 Å². The Labute approximate surface area is 422 Å². The first-order valence-electron chi connectivity index (χ1n) is 24.6. The SMILES string of the molecule is CC(C)[C@H]1NC(=O)[C@H](C)NC(=O)[C@H](CCCCN)NC(=O)[C@H](Cc2c[nH]c3ccccc23)NC(=O)[C@H](Cc2ccccc2)NC(=O)[C@H](CC(=O)O)NC(=O)[C@H](Cc2ccc(O)cc2)NC(=O)[C@@H]2CCCN2C1=O. The largest absolute Gasteiger partial charge is 0.508 e. The van der Waals surface area contributed by atoms with Gasteiger partial charge in [-0.3, -0.25) is 43.2 Å². The number of carboxylic acid groups (broad SMARTS) is 1. The van der Waals surface area contributed by atoms with E-state index in [-0.39, 0.29) is 50.9 Å². The number of carboxylic acids is 1. The Kier molecular flexibility index (Phi) is 19.1. The third-order valence-corrected chi connectivity index (χ3v) is 13.1. The molecule has 3 heterocycles. The number of aliphatic carboxylic acids is 1. The maximum Gasteiger partial charge on any atom is 0.305 e. The van der Waals surface area contributed by atoms with Crippen LogP contribution in [0.4, 0.5) is 0 Å². The van der Waals surface area contributed by atoms with Gasteiger partial charge in [-0.1, -0.05) is 74.5 Å². The highest BCUT2D eigenvalue weighted by Crippen LogP contribution is 2.23. The van der Waals surface area contributed by atoms with Crippen LogP contribution in [0.2, 0.25) is 0 Å². The number of nitrogens with zero attached hydrogens (tertiary/aromatic N) is 1. The number of carbonyl (C=O) groups excluding carboxylic acids is 8. The summed E-state index contributed by atoms with van der Waals surface area (Å²) in [5.74, 6) is -8.55. The molecule has 6 rings (SSSR count). The second kappa shape index (κ2) is 25.5. The Morgan fingerprint density at radius 3 is 1.82 bits per heavy atom. The average Bonchev–Trinajstić information content (AvgIpc) is 4.03. The minimum Gasteiger partial charge on any atom is -0.508 e. The van der Waals surface area contributed by atoms with Gasteiger partial charge in [0.2, 0.25) is 47.3 Å². The monoisotopic (exact) mass is 1010 g/mol. The molecule has 0 spiro atoms. The molecule has 2 saturated heterocycles. The van der Waals surface area contributed by atoms with Gasteiger partial charge >= 0.3 is 5.97 Å². The van der Waals surface area contributed by atoms with Crippen molar-refractivity contribution in [2.24, 2.45) is 11.7 Å². The van der Waals surface area contributed by atoms with Crippen LogP contribution in [0.25, 0.3) is 10.9 Å². The van der Waals surface area contributed by atoms with E-state index in [4.69, 9.17) is 5.73 Å². The fraction of sp³-hybridized carbons (Fsp3) is 0.442. The number of aromatic nitrogens is 1. The van der Waals surface area contributed by atoms with Gasteiger partial charge in [-0.15, -0.1) is 0 Å². The van der Waals surface area contributed by atoms with Gasteiger partial charge in [0, 0.05) is 42.9 Å². The summed E-state index contributed by atoms with van der Waals surface area (Å²) in [5, 5.41) is 39.5. The van der Waals surface area contributed by atoms with Crippen LogP contribution in [0.15, 0.2) is 85.1 Å². The molecule has 0 saturated carbocycles. The highest BCUT2D eigenvalue weighted by molar-refractivity contribution is 6.00. The van der Waals surface area contributed by atoms with Crippen LogP contribution in [0.5, 0.6) is 5.75 Å². The predicted molar refractivity (Wildman–Crippen MR) is 268 cm³/mol. The summed E-state index contributed by atoms with van der Waals surface area (Å²) in [6.45, 7) is 5.24. The van der Waals surface area contributed by atoms with Crippen molar-refractivity contribution < 1.29 is 53.4 Å². The van der Waals surface area contributed by atoms with Crippen molar-refractivity contribution in [1.29, 1.82) is 0 Å². The molecule has 1 aromatic heterocycles. The highest BCUT2D eigenvalue weighted by atomic mass is 16.4. The van der Waals surface area contributed by atoms with Crippen molar-refractivity contribution in [2.45, 2.75) is 127 Å². The summed E-state index contributed by atoms with van der Waals surface area (Å²) in [7, 11) is 0. The van der Waals surface area contributed by atoms with Crippen LogP contribution in [0, 0.1) is 5.92 Å². The quantitative estimate of drug-likeness (QED) is 0.0820. The number of aromatic hydroxyl groups is 1. The number of H-pyrrole nitrogens is 1. The van der Waals surface area contributed by atoms with E-state index < -0.39 is 114 Å². The molecule has 3 aromatic carbocycles. The second-order valence-corrected chi connectivity index (χ2v) is 19.0. The van der Waals surface area contributed by atoms with E-state index in [1.54, 1.807) is 56.4 Å². The van der Waals surface area contributed by atoms with E-state index in [1.165, 1.54) is 36.1 Å². The fourth-order valence-corrected chi connectivity index (χ4v) is 9.02. The molecule has 4 aromatic rings. The number of amides is 8. The van der Waals surface area contributed by atoms with E-state index in [1.807, 2.05) is 18.2 Å². The number of hydrogen-bond acceptors (Lipinski definition) is 11. The molecular weight excluding hydrogens is 941 g/mol. The van der Waals surface area contributed by atoms with Crippen molar-refractivity contribution in [1.82, 2.24) is 47.1 Å². The van der Waals surface area contributed by atoms with Crippen molar-refractivity contribution in [3.05, 3.63) is 102 Å². The Morgan fingerprint density at radius 1 is 0.644 bits per heavy atom. The van der Waals surface area contributed by atoms with E-state index >= 15 is 0 Å². The summed E-state index contributed by atoms with van der Waals surface area (Å²) >= 11 is 0. The summed E-state index contributed by atoms with van der Waals surface area (Å²) in [6.07, 6.45) is 1.78. The Hall–Kier alpha value is -7.81. The lowest BCUT2D eigenvalue weighted by atomic mass is 10.00. The first kappa shape index (κ1) is 54.5. The predicted octanol–water partition coefficient (Wildman–Crippen LogP) is 0.579. The molecule has 0 bridgehead atoms. The molecule has 0 aliphatic carbocycles. The summed E-state index contributed by atoms with van der Waals surface area (Å²) in [5.41, 5.74) is 8.19. The van der Waals surface area contributed by atoms with Gasteiger partial charge in [0.15, 0.2) is 0 Å². The number of hydrogen-bond donors (Lipinski definition) is 11. The number of nitrogens with two attached hydrogens (primary N) is 1. The molecule has 73 heavy (non-hydrogen) atoms. The standard InChI is InChI=1S/C52H66N10O11/c1-29(2)44-52(73)62-23-11-17-42(62)51(72)60-39(25-32-18-20-34(63)21-19-32)48(69)59-41(27-43(64)65)50(71)57-38(24-31-12-5-4-6-13-31)47(68)58-40(26-33-28-54-36-15-8-7-14-35(33)36)49(70)56-37(16-9-10-22-53)46(67)55-30(3)45(66)61-44/h4-8,12-15,18-21,28-30,37-42,44,54,63H,9-11,16-17,22-27,53H2,1-3H3,(H,55,67)(H,56,70)(H,57,71)(H,58,68)(H,59,69)(H,60,72)(H,61,66)(H,64,65)/t30-,37-,38-,39-,40-,41-,42-,44+/m0/s1. The van der Waals surface area contributed by atoms with Gasteiger partial charge in [-0.2, -0.15) is 0 Å². The van der Waals surface area contributed by atoms with Crippen LogP contribution in [0.1, 0.15) is 76.0 Å². The van der Waals surface area contributed by atoms with Gasteiger partial charge in [-0.05, 0) is 86.4 Å². The number of phenolic OH excluding ortho intramolecular Hbond substituents is 1. The van der Waals surface area contributed by atoms with Crippen LogP contribution in [0.3, 0.4) is 0 Å². The van der Waals surface area contributed by atoms with Gasteiger partial charge in [-0.25, -0.2) is 0 Å². The molecule has 0 radical (unpaired) electrons. The minimum atomic E-state index is -1.82. The molecule has 2 aliphatic rings. The maximum atomic E-state index is 14.7. The van der Waals surface area contributed by atoms with Gasteiger partial charge < -0.3 is 63.0 Å². The highest BCUT2D eigenvalue weighted by Gasteiger charge is 2.41. The zero-order valence-electron chi connectivity index (χ0n) is 41.2. The first-order chi connectivity index (χ1) is 34.9. The first-order valence-corrected chi connectivity index (χ1v) is 24.6. The van der Waals surface area contributed by atoms with Gasteiger partial charge in [0.05, 0.1) is 6.42 Å². The number of unbranched alkanes of at least 4 members (excludes halogenated alkanes) is 1. The molecule has 12 N–H and O–H groups in total. The van der Waals surface area contributed by atoms with Crippen LogP contribution < -0.4 is 43.0 Å². The minimum absolute atomic E-state index is 0.0747. The molecule has 0 unspecified atom stereocenters. The van der Waals surface area contributed by atoms with Gasteiger partial charge in [0.25, 0.3) is 0 Å². The third-order valence-electron chi connectivity index (χ3n) is 13.1. The van der Waals surface area contributed by atoms with Crippen LogP contribution in [-0.4, -0.2) is 135 Å². The molecule has 21 heteroatoms. The number of nitrogens with one attached hydrogen (secondary N) is 8. The summed E-state index contributed by atoms with van der Waals surface area (Å²) < 4.78 is 0. The molecule has 2 aliphatic heterocycles. The number of carbonyl (C=O) groups is 9. The van der Waals surface area contributed by atoms with E-state index in [9.17, 15) is 53.4 Å². The Balaban J connectivity index is 1.42. The zero-order valence-corrected chi connectivity index (χ0v) is 41.2. The molecular formula is C52H66N10O11.